The Kier molecular flexibility index (Phi) is 5.48. The first-order chi connectivity index (χ1) is 8.79. The topological polar surface area (TPSA) is 21.3 Å². The molecule has 0 heterocycles. The van der Waals surface area contributed by atoms with E-state index >= 15 is 0 Å². The van der Waals surface area contributed by atoms with E-state index in [4.69, 9.17) is 16.3 Å². The minimum absolute atomic E-state index is 0.399. The van der Waals surface area contributed by atoms with Crippen LogP contribution >= 0.6 is 11.6 Å². The third-order valence-corrected chi connectivity index (χ3v) is 3.97. The van der Waals surface area contributed by atoms with Gasteiger partial charge in [0, 0.05) is 11.1 Å². The largest absolute Gasteiger partial charge is 0.373 e. The van der Waals surface area contributed by atoms with E-state index in [1.54, 1.807) is 0 Å². The molecule has 0 amide bonds. The summed E-state index contributed by atoms with van der Waals surface area (Å²) in [6, 6.07) is 8.60. The monoisotopic (exact) mass is 267 g/mol. The molecule has 1 N–H and O–H groups in total. The Bertz CT molecular complexity index is 361. The fourth-order valence-corrected chi connectivity index (χ4v) is 2.74. The molecule has 0 spiro atoms. The third-order valence-electron chi connectivity index (χ3n) is 3.60. The molecule has 1 fully saturated rings. The lowest BCUT2D eigenvalue weighted by Gasteiger charge is -2.29. The second-order valence-electron chi connectivity index (χ2n) is 4.93. The summed E-state index contributed by atoms with van der Waals surface area (Å²) in [5.41, 5.74) is 1.09. The normalized spacial score (nSPS) is 24.1. The summed E-state index contributed by atoms with van der Waals surface area (Å²) < 4.78 is 5.96. The van der Waals surface area contributed by atoms with Gasteiger partial charge in [-0.05, 0) is 43.9 Å². The van der Waals surface area contributed by atoms with Crippen LogP contribution in [-0.4, -0.2) is 18.7 Å². The summed E-state index contributed by atoms with van der Waals surface area (Å²) in [7, 11) is 0. The standard InChI is InChI=1S/C15H22ClNO/c1-2-17-13-7-9-14(10-8-13)18-11-12-5-3-4-6-15(12)16/h3-6,13-14,17H,2,7-11H2,1H3. The maximum atomic E-state index is 6.12. The van der Waals surface area contributed by atoms with Crippen LogP contribution in [-0.2, 0) is 11.3 Å². The number of halogens is 1. The van der Waals surface area contributed by atoms with Gasteiger partial charge in [0.15, 0.2) is 0 Å². The van der Waals surface area contributed by atoms with Crippen LogP contribution in [0.1, 0.15) is 38.2 Å². The quantitative estimate of drug-likeness (QED) is 0.877. The minimum Gasteiger partial charge on any atom is -0.373 e. The number of nitrogens with one attached hydrogen (secondary N) is 1. The molecule has 0 atom stereocenters. The van der Waals surface area contributed by atoms with Crippen molar-refractivity contribution in [1.29, 1.82) is 0 Å². The zero-order valence-electron chi connectivity index (χ0n) is 11.0. The lowest BCUT2D eigenvalue weighted by atomic mass is 9.93. The number of rotatable bonds is 5. The van der Waals surface area contributed by atoms with E-state index in [0.717, 1.165) is 30.0 Å². The first-order valence-corrected chi connectivity index (χ1v) is 7.25. The van der Waals surface area contributed by atoms with Crippen LogP contribution in [0.15, 0.2) is 24.3 Å². The van der Waals surface area contributed by atoms with Crippen molar-refractivity contribution in [3.8, 4) is 0 Å². The van der Waals surface area contributed by atoms with Gasteiger partial charge in [-0.15, -0.1) is 0 Å². The highest BCUT2D eigenvalue weighted by Crippen LogP contribution is 2.23. The lowest BCUT2D eigenvalue weighted by molar-refractivity contribution is 0.0115. The highest BCUT2D eigenvalue weighted by molar-refractivity contribution is 6.31. The SMILES string of the molecule is CCNC1CCC(OCc2ccccc2Cl)CC1. The molecule has 0 aliphatic heterocycles. The molecule has 3 heteroatoms. The summed E-state index contributed by atoms with van der Waals surface area (Å²) in [6.07, 6.45) is 5.16. The van der Waals surface area contributed by atoms with Gasteiger partial charge in [-0.2, -0.15) is 0 Å². The van der Waals surface area contributed by atoms with Crippen molar-refractivity contribution in [1.82, 2.24) is 5.32 Å². The maximum absolute atomic E-state index is 6.12. The van der Waals surface area contributed by atoms with E-state index in [9.17, 15) is 0 Å². The summed E-state index contributed by atoms with van der Waals surface area (Å²) in [6.45, 7) is 3.87. The van der Waals surface area contributed by atoms with Gasteiger partial charge in [0.25, 0.3) is 0 Å². The molecule has 1 aromatic carbocycles. The van der Waals surface area contributed by atoms with E-state index in [2.05, 4.69) is 12.2 Å². The molecule has 100 valence electrons. The Labute approximate surface area is 115 Å². The van der Waals surface area contributed by atoms with Crippen LogP contribution in [0, 0.1) is 0 Å². The predicted octanol–water partition coefficient (Wildman–Crippen LogP) is 3.78. The van der Waals surface area contributed by atoms with Crippen LogP contribution in [0.5, 0.6) is 0 Å². The number of benzene rings is 1. The molecule has 18 heavy (non-hydrogen) atoms. The van der Waals surface area contributed by atoms with E-state index in [-0.39, 0.29) is 0 Å². The van der Waals surface area contributed by atoms with Gasteiger partial charge >= 0.3 is 0 Å². The van der Waals surface area contributed by atoms with Gasteiger partial charge in [0.2, 0.25) is 0 Å². The number of hydrogen-bond acceptors (Lipinski definition) is 2. The molecule has 2 rings (SSSR count). The number of hydrogen-bond donors (Lipinski definition) is 1. The van der Waals surface area contributed by atoms with E-state index < -0.39 is 0 Å². The Morgan fingerprint density at radius 1 is 1.22 bits per heavy atom. The summed E-state index contributed by atoms with van der Waals surface area (Å²) in [5, 5.41) is 4.32. The van der Waals surface area contributed by atoms with Gasteiger partial charge in [-0.1, -0.05) is 36.7 Å². The Balaban J connectivity index is 1.74. The minimum atomic E-state index is 0.399. The molecule has 1 aliphatic rings. The fraction of sp³-hybridized carbons (Fsp3) is 0.600. The van der Waals surface area contributed by atoms with Crippen LogP contribution in [0.25, 0.3) is 0 Å². The van der Waals surface area contributed by atoms with Crippen molar-refractivity contribution >= 4 is 11.6 Å². The molecule has 1 aliphatic carbocycles. The summed E-state index contributed by atoms with van der Waals surface area (Å²) in [5.74, 6) is 0. The van der Waals surface area contributed by atoms with Crippen LogP contribution in [0.2, 0.25) is 5.02 Å². The van der Waals surface area contributed by atoms with Crippen LogP contribution in [0.3, 0.4) is 0 Å². The Hall–Kier alpha value is -0.570. The van der Waals surface area contributed by atoms with Gasteiger partial charge in [0.05, 0.1) is 12.7 Å². The maximum Gasteiger partial charge on any atom is 0.0735 e. The van der Waals surface area contributed by atoms with Crippen molar-refractivity contribution in [2.45, 2.75) is 51.4 Å². The smallest absolute Gasteiger partial charge is 0.0735 e. The average molecular weight is 268 g/mol. The zero-order valence-corrected chi connectivity index (χ0v) is 11.7. The third kappa shape index (κ3) is 3.98. The predicted molar refractivity (Wildman–Crippen MR) is 76.0 cm³/mol. The fourth-order valence-electron chi connectivity index (χ4n) is 2.55. The molecule has 0 saturated heterocycles. The second kappa shape index (κ2) is 7.13. The van der Waals surface area contributed by atoms with Crippen molar-refractivity contribution < 1.29 is 4.74 Å². The second-order valence-corrected chi connectivity index (χ2v) is 5.34. The van der Waals surface area contributed by atoms with Crippen LogP contribution < -0.4 is 5.32 Å². The molecule has 1 aromatic rings. The van der Waals surface area contributed by atoms with Crippen molar-refractivity contribution in [3.63, 3.8) is 0 Å². The Morgan fingerprint density at radius 2 is 1.94 bits per heavy atom. The molecule has 0 aromatic heterocycles. The summed E-state index contributed by atoms with van der Waals surface area (Å²) >= 11 is 6.12. The van der Waals surface area contributed by atoms with E-state index in [0.29, 0.717) is 18.8 Å². The molecular weight excluding hydrogens is 246 g/mol. The first kappa shape index (κ1) is 13.9. The van der Waals surface area contributed by atoms with E-state index in [1.165, 1.54) is 12.8 Å². The van der Waals surface area contributed by atoms with Gasteiger partial charge < -0.3 is 10.1 Å². The molecule has 0 bridgehead atoms. The van der Waals surface area contributed by atoms with Crippen molar-refractivity contribution in [2.75, 3.05) is 6.54 Å². The molecule has 0 radical (unpaired) electrons. The molecule has 1 saturated carbocycles. The molecule has 2 nitrogen and oxygen atoms in total. The van der Waals surface area contributed by atoms with Crippen molar-refractivity contribution in [3.05, 3.63) is 34.9 Å². The molecular formula is C15H22ClNO. The van der Waals surface area contributed by atoms with Gasteiger partial charge in [-0.25, -0.2) is 0 Å². The number of ether oxygens (including phenoxy) is 1. The highest BCUT2D eigenvalue weighted by atomic mass is 35.5. The zero-order chi connectivity index (χ0) is 12.8. The highest BCUT2D eigenvalue weighted by Gasteiger charge is 2.20. The van der Waals surface area contributed by atoms with Crippen LogP contribution in [0.4, 0.5) is 0 Å². The molecule has 0 unspecified atom stereocenters. The first-order valence-electron chi connectivity index (χ1n) is 6.88. The van der Waals surface area contributed by atoms with Crippen molar-refractivity contribution in [2.24, 2.45) is 0 Å². The van der Waals surface area contributed by atoms with Gasteiger partial charge in [0.1, 0.15) is 0 Å². The van der Waals surface area contributed by atoms with Gasteiger partial charge in [-0.3, -0.25) is 0 Å². The summed E-state index contributed by atoms with van der Waals surface area (Å²) in [4.78, 5) is 0. The lowest BCUT2D eigenvalue weighted by Crippen LogP contribution is -2.35. The Morgan fingerprint density at radius 3 is 2.61 bits per heavy atom. The van der Waals surface area contributed by atoms with E-state index in [1.807, 2.05) is 24.3 Å². The average Bonchev–Trinajstić information content (AvgIpc) is 2.40.